The first-order valence-corrected chi connectivity index (χ1v) is 8.13. The summed E-state index contributed by atoms with van der Waals surface area (Å²) in [6.45, 7) is 4.13. The first kappa shape index (κ1) is 14.9. The van der Waals surface area contributed by atoms with E-state index < -0.39 is 0 Å². The summed E-state index contributed by atoms with van der Waals surface area (Å²) in [7, 11) is 0. The quantitative estimate of drug-likeness (QED) is 0.805. The molecule has 1 aliphatic rings. The largest absolute Gasteiger partial charge is 0.316 e. The molecule has 0 aromatic heterocycles. The van der Waals surface area contributed by atoms with Crippen molar-refractivity contribution in [3.05, 3.63) is 69.2 Å². The van der Waals surface area contributed by atoms with Crippen LogP contribution in [0, 0.1) is 6.92 Å². The van der Waals surface area contributed by atoms with Gasteiger partial charge in [0.1, 0.15) is 0 Å². The number of halogens is 2. The van der Waals surface area contributed by atoms with Crippen molar-refractivity contribution in [1.82, 2.24) is 5.32 Å². The molecule has 110 valence electrons. The number of piperidine rings is 1. The van der Waals surface area contributed by atoms with Gasteiger partial charge in [0.15, 0.2) is 0 Å². The van der Waals surface area contributed by atoms with Crippen LogP contribution in [0.4, 0.5) is 0 Å². The zero-order valence-electron chi connectivity index (χ0n) is 12.1. The van der Waals surface area contributed by atoms with Gasteiger partial charge in [-0.1, -0.05) is 53.0 Å². The van der Waals surface area contributed by atoms with Crippen LogP contribution >= 0.6 is 23.2 Å². The van der Waals surface area contributed by atoms with Crippen LogP contribution in [0.1, 0.15) is 34.9 Å². The van der Waals surface area contributed by atoms with Crippen molar-refractivity contribution in [2.45, 2.75) is 25.2 Å². The molecule has 3 rings (SSSR count). The van der Waals surface area contributed by atoms with Crippen LogP contribution in [0.15, 0.2) is 42.5 Å². The molecule has 0 aliphatic carbocycles. The summed E-state index contributed by atoms with van der Waals surface area (Å²) >= 11 is 12.6. The fourth-order valence-corrected chi connectivity index (χ4v) is 3.63. The van der Waals surface area contributed by atoms with Gasteiger partial charge in [-0.05, 0) is 55.1 Å². The Balaban J connectivity index is 1.98. The zero-order valence-corrected chi connectivity index (χ0v) is 13.6. The third-order valence-electron chi connectivity index (χ3n) is 4.35. The molecule has 2 aromatic rings. The maximum Gasteiger partial charge on any atom is 0.0442 e. The van der Waals surface area contributed by atoms with Crippen molar-refractivity contribution in [3.8, 4) is 0 Å². The first-order chi connectivity index (χ1) is 10.1. The van der Waals surface area contributed by atoms with Crippen molar-refractivity contribution in [2.24, 2.45) is 0 Å². The highest BCUT2D eigenvalue weighted by molar-refractivity contribution is 6.33. The predicted molar refractivity (Wildman–Crippen MR) is 90.6 cm³/mol. The maximum absolute atomic E-state index is 6.43. The molecule has 1 saturated heterocycles. The summed E-state index contributed by atoms with van der Waals surface area (Å²) in [4.78, 5) is 0. The molecule has 3 heteroatoms. The van der Waals surface area contributed by atoms with E-state index in [0.29, 0.717) is 11.8 Å². The maximum atomic E-state index is 6.43. The van der Waals surface area contributed by atoms with Gasteiger partial charge in [-0.2, -0.15) is 0 Å². The minimum absolute atomic E-state index is 0.417. The standard InChI is InChI=1S/C18H19Cl2N/c1-12-2-4-13(5-3-12)17-11-21-9-8-15(17)16-10-14(19)6-7-18(16)20/h2-7,10,15,17,21H,8-9,11H2,1H3. The van der Waals surface area contributed by atoms with Gasteiger partial charge in [-0.15, -0.1) is 0 Å². The van der Waals surface area contributed by atoms with Crippen LogP contribution in [0.2, 0.25) is 10.0 Å². The number of rotatable bonds is 2. The summed E-state index contributed by atoms with van der Waals surface area (Å²) in [5.74, 6) is 0.857. The van der Waals surface area contributed by atoms with Gasteiger partial charge in [-0.3, -0.25) is 0 Å². The molecular weight excluding hydrogens is 301 g/mol. The number of hydrogen-bond acceptors (Lipinski definition) is 1. The van der Waals surface area contributed by atoms with E-state index in [0.717, 1.165) is 29.6 Å². The SMILES string of the molecule is Cc1ccc(C2CNCCC2c2cc(Cl)ccc2Cl)cc1. The Morgan fingerprint density at radius 2 is 1.76 bits per heavy atom. The molecule has 1 aliphatic heterocycles. The van der Waals surface area contributed by atoms with E-state index in [1.165, 1.54) is 16.7 Å². The van der Waals surface area contributed by atoms with Crippen LogP contribution in [-0.2, 0) is 0 Å². The molecule has 0 radical (unpaired) electrons. The lowest BCUT2D eigenvalue weighted by Crippen LogP contribution is -2.34. The fraction of sp³-hybridized carbons (Fsp3) is 0.333. The molecule has 2 aromatic carbocycles. The van der Waals surface area contributed by atoms with Crippen LogP contribution < -0.4 is 5.32 Å². The Labute approximate surface area is 136 Å². The number of benzene rings is 2. The Bertz CT molecular complexity index is 622. The van der Waals surface area contributed by atoms with Gasteiger partial charge in [0.2, 0.25) is 0 Å². The molecule has 0 amide bonds. The van der Waals surface area contributed by atoms with E-state index in [4.69, 9.17) is 23.2 Å². The van der Waals surface area contributed by atoms with E-state index in [1.54, 1.807) is 0 Å². The Morgan fingerprint density at radius 1 is 1.00 bits per heavy atom. The summed E-state index contributed by atoms with van der Waals surface area (Å²) in [6, 6.07) is 14.6. The van der Waals surface area contributed by atoms with Crippen molar-refractivity contribution in [2.75, 3.05) is 13.1 Å². The number of aryl methyl sites for hydroxylation is 1. The summed E-state index contributed by atoms with van der Waals surface area (Å²) < 4.78 is 0. The average Bonchev–Trinajstić information content (AvgIpc) is 2.51. The van der Waals surface area contributed by atoms with Crippen molar-refractivity contribution in [1.29, 1.82) is 0 Å². The van der Waals surface area contributed by atoms with Gasteiger partial charge in [0, 0.05) is 22.5 Å². The highest BCUT2D eigenvalue weighted by Gasteiger charge is 2.29. The van der Waals surface area contributed by atoms with E-state index in [1.807, 2.05) is 18.2 Å². The van der Waals surface area contributed by atoms with E-state index in [9.17, 15) is 0 Å². The van der Waals surface area contributed by atoms with Crippen LogP contribution in [0.3, 0.4) is 0 Å². The normalized spacial score (nSPS) is 22.2. The summed E-state index contributed by atoms with van der Waals surface area (Å²) in [6.07, 6.45) is 1.08. The van der Waals surface area contributed by atoms with Gasteiger partial charge < -0.3 is 5.32 Å². The summed E-state index contributed by atoms with van der Waals surface area (Å²) in [5.41, 5.74) is 3.84. The van der Waals surface area contributed by atoms with Crippen molar-refractivity contribution >= 4 is 23.2 Å². The van der Waals surface area contributed by atoms with Gasteiger partial charge >= 0.3 is 0 Å². The zero-order chi connectivity index (χ0) is 14.8. The molecule has 1 heterocycles. The minimum Gasteiger partial charge on any atom is -0.316 e. The van der Waals surface area contributed by atoms with Gasteiger partial charge in [0.05, 0.1) is 0 Å². The highest BCUT2D eigenvalue weighted by Crippen LogP contribution is 2.41. The second-order valence-electron chi connectivity index (χ2n) is 5.78. The lowest BCUT2D eigenvalue weighted by Gasteiger charge is -2.33. The summed E-state index contributed by atoms with van der Waals surface area (Å²) in [5, 5.41) is 5.09. The molecule has 2 unspecified atom stereocenters. The molecule has 0 spiro atoms. The third-order valence-corrected chi connectivity index (χ3v) is 4.92. The molecule has 0 saturated carbocycles. The Morgan fingerprint density at radius 3 is 2.52 bits per heavy atom. The topological polar surface area (TPSA) is 12.0 Å². The van der Waals surface area contributed by atoms with Crippen LogP contribution in [0.5, 0.6) is 0 Å². The lowest BCUT2D eigenvalue weighted by molar-refractivity contribution is 0.404. The minimum atomic E-state index is 0.417. The first-order valence-electron chi connectivity index (χ1n) is 7.37. The lowest BCUT2D eigenvalue weighted by atomic mass is 9.77. The predicted octanol–water partition coefficient (Wildman–Crippen LogP) is 5.16. The molecule has 1 nitrogen and oxygen atoms in total. The molecule has 1 N–H and O–H groups in total. The number of nitrogens with one attached hydrogen (secondary N) is 1. The fourth-order valence-electron chi connectivity index (χ4n) is 3.19. The second-order valence-corrected chi connectivity index (χ2v) is 6.63. The smallest absolute Gasteiger partial charge is 0.0442 e. The van der Waals surface area contributed by atoms with E-state index in [2.05, 4.69) is 36.5 Å². The monoisotopic (exact) mass is 319 g/mol. The molecular formula is C18H19Cl2N. The van der Waals surface area contributed by atoms with Crippen molar-refractivity contribution in [3.63, 3.8) is 0 Å². The van der Waals surface area contributed by atoms with Crippen LogP contribution in [0.25, 0.3) is 0 Å². The molecule has 21 heavy (non-hydrogen) atoms. The molecule has 2 atom stereocenters. The van der Waals surface area contributed by atoms with Gasteiger partial charge in [0.25, 0.3) is 0 Å². The van der Waals surface area contributed by atoms with Crippen molar-refractivity contribution < 1.29 is 0 Å². The number of hydrogen-bond donors (Lipinski definition) is 1. The Hall–Kier alpha value is -1.02. The second kappa shape index (κ2) is 6.39. The third kappa shape index (κ3) is 3.26. The van der Waals surface area contributed by atoms with Crippen LogP contribution in [-0.4, -0.2) is 13.1 Å². The Kier molecular flexibility index (Phi) is 4.54. The van der Waals surface area contributed by atoms with E-state index >= 15 is 0 Å². The molecule has 1 fully saturated rings. The van der Waals surface area contributed by atoms with E-state index in [-0.39, 0.29) is 0 Å². The molecule has 0 bridgehead atoms. The average molecular weight is 320 g/mol. The van der Waals surface area contributed by atoms with Gasteiger partial charge in [-0.25, -0.2) is 0 Å². The highest BCUT2D eigenvalue weighted by atomic mass is 35.5.